The van der Waals surface area contributed by atoms with Crippen molar-refractivity contribution in [1.29, 1.82) is 0 Å². The zero-order valence-corrected chi connectivity index (χ0v) is 15.2. The van der Waals surface area contributed by atoms with Gasteiger partial charge in [-0.05, 0) is 66.6 Å². The zero-order chi connectivity index (χ0) is 18.2. The third-order valence-electron chi connectivity index (χ3n) is 5.48. The van der Waals surface area contributed by atoms with Crippen LogP contribution in [0.4, 0.5) is 5.69 Å². The molecule has 0 spiro atoms. The van der Waals surface area contributed by atoms with E-state index in [1.807, 2.05) is 29.1 Å². The number of hydrogen-bond donors (Lipinski definition) is 2. The topological polar surface area (TPSA) is 68.2 Å². The zero-order valence-electron chi connectivity index (χ0n) is 15.2. The van der Waals surface area contributed by atoms with Crippen LogP contribution in [0.3, 0.4) is 0 Å². The van der Waals surface area contributed by atoms with Crippen LogP contribution < -0.4 is 11.1 Å². The van der Waals surface area contributed by atoms with Crippen molar-refractivity contribution in [1.82, 2.24) is 9.78 Å². The second-order valence-electron chi connectivity index (χ2n) is 7.44. The van der Waals surface area contributed by atoms with E-state index in [0.717, 1.165) is 24.2 Å². The van der Waals surface area contributed by atoms with Crippen LogP contribution >= 0.6 is 0 Å². The number of aliphatic imine (C=N–C) groups is 1. The Morgan fingerprint density at radius 1 is 1.11 bits per heavy atom. The Bertz CT molecular complexity index is 989. The summed E-state index contributed by atoms with van der Waals surface area (Å²) in [6.07, 6.45) is 8.67. The fourth-order valence-corrected chi connectivity index (χ4v) is 3.94. The minimum absolute atomic E-state index is 0.236. The lowest BCUT2D eigenvalue weighted by molar-refractivity contribution is 0.879. The monoisotopic (exact) mass is 357 g/mol. The quantitative estimate of drug-likeness (QED) is 0.553. The van der Waals surface area contributed by atoms with Gasteiger partial charge in [0.25, 0.3) is 0 Å². The van der Waals surface area contributed by atoms with Gasteiger partial charge in [0.15, 0.2) is 5.96 Å². The third-order valence-corrected chi connectivity index (χ3v) is 5.48. The van der Waals surface area contributed by atoms with E-state index in [4.69, 9.17) is 5.73 Å². The molecule has 2 atom stereocenters. The second kappa shape index (κ2) is 6.58. The van der Waals surface area contributed by atoms with Crippen LogP contribution in [0.2, 0.25) is 0 Å². The van der Waals surface area contributed by atoms with Crippen molar-refractivity contribution < 1.29 is 0 Å². The predicted octanol–water partition coefficient (Wildman–Crippen LogP) is 3.64. The minimum Gasteiger partial charge on any atom is -0.370 e. The molecule has 27 heavy (non-hydrogen) atoms. The van der Waals surface area contributed by atoms with Gasteiger partial charge in [0.05, 0.1) is 17.9 Å². The van der Waals surface area contributed by atoms with Gasteiger partial charge in [0.1, 0.15) is 0 Å². The van der Waals surface area contributed by atoms with Crippen molar-refractivity contribution in [2.45, 2.75) is 37.6 Å². The summed E-state index contributed by atoms with van der Waals surface area (Å²) >= 11 is 0. The van der Waals surface area contributed by atoms with E-state index in [-0.39, 0.29) is 6.04 Å². The highest BCUT2D eigenvalue weighted by Gasteiger charge is 2.39. The standard InChI is InChI=1S/C22H23N5/c23-22(25-18-10-9-15-5-4-6-16(15)11-18)26-21-12-20(21)17-13-24-27(14-17)19-7-2-1-3-8-19/h1-3,7-11,13-14,20-21H,4-6,12H2,(H3,23,25,26)/t20-,21+/m0/s1. The van der Waals surface area contributed by atoms with Crippen molar-refractivity contribution in [2.75, 3.05) is 5.32 Å². The number of fused-ring (bicyclic) bond motifs is 1. The molecule has 2 aromatic carbocycles. The van der Waals surface area contributed by atoms with E-state index in [1.165, 1.54) is 29.5 Å². The smallest absolute Gasteiger partial charge is 0.193 e. The molecule has 0 radical (unpaired) electrons. The van der Waals surface area contributed by atoms with Crippen molar-refractivity contribution in [3.8, 4) is 5.69 Å². The molecular formula is C22H23N5. The number of aryl methyl sites for hydroxylation is 2. The van der Waals surface area contributed by atoms with Gasteiger partial charge < -0.3 is 11.1 Å². The SMILES string of the molecule is NC(=N[C@@H]1C[C@H]1c1cnn(-c2ccccc2)c1)Nc1ccc2c(c1)CCC2. The van der Waals surface area contributed by atoms with Crippen LogP contribution in [-0.4, -0.2) is 21.8 Å². The molecule has 0 unspecified atom stereocenters. The lowest BCUT2D eigenvalue weighted by atomic mass is 10.1. The Kier molecular flexibility index (Phi) is 3.93. The van der Waals surface area contributed by atoms with E-state index in [1.54, 1.807) is 0 Å². The first kappa shape index (κ1) is 16.1. The van der Waals surface area contributed by atoms with Crippen LogP contribution in [0.5, 0.6) is 0 Å². The number of nitrogens with zero attached hydrogens (tertiary/aromatic N) is 3. The highest BCUT2D eigenvalue weighted by Crippen LogP contribution is 2.43. The number of para-hydroxylation sites is 1. The molecule has 1 aromatic heterocycles. The van der Waals surface area contributed by atoms with Crippen molar-refractivity contribution in [2.24, 2.45) is 10.7 Å². The van der Waals surface area contributed by atoms with Gasteiger partial charge in [-0.25, -0.2) is 9.67 Å². The van der Waals surface area contributed by atoms with E-state index in [9.17, 15) is 0 Å². The fraction of sp³-hybridized carbons (Fsp3) is 0.273. The molecule has 3 N–H and O–H groups in total. The summed E-state index contributed by atoms with van der Waals surface area (Å²) in [6.45, 7) is 0. The van der Waals surface area contributed by atoms with Crippen molar-refractivity contribution in [3.05, 3.63) is 77.6 Å². The molecule has 5 heteroatoms. The van der Waals surface area contributed by atoms with Gasteiger partial charge in [-0.1, -0.05) is 24.3 Å². The molecule has 1 heterocycles. The molecule has 0 amide bonds. The van der Waals surface area contributed by atoms with Gasteiger partial charge >= 0.3 is 0 Å². The molecule has 3 aromatic rings. The summed E-state index contributed by atoms with van der Waals surface area (Å²) in [5.74, 6) is 0.902. The van der Waals surface area contributed by atoms with E-state index < -0.39 is 0 Å². The van der Waals surface area contributed by atoms with Gasteiger partial charge in [-0.3, -0.25) is 0 Å². The third kappa shape index (κ3) is 3.33. The minimum atomic E-state index is 0.236. The molecule has 136 valence electrons. The van der Waals surface area contributed by atoms with Gasteiger partial charge in [0.2, 0.25) is 0 Å². The summed E-state index contributed by atoms with van der Waals surface area (Å²) in [5.41, 5.74) is 12.4. The molecule has 0 saturated heterocycles. The Hall–Kier alpha value is -3.08. The van der Waals surface area contributed by atoms with Crippen LogP contribution in [0, 0.1) is 0 Å². The highest BCUT2D eigenvalue weighted by molar-refractivity contribution is 5.92. The van der Waals surface area contributed by atoms with Crippen molar-refractivity contribution in [3.63, 3.8) is 0 Å². The molecule has 5 rings (SSSR count). The summed E-state index contributed by atoms with van der Waals surface area (Å²) in [6, 6.07) is 16.9. The largest absolute Gasteiger partial charge is 0.370 e. The number of aromatic nitrogens is 2. The Labute approximate surface area is 158 Å². The Morgan fingerprint density at radius 3 is 2.85 bits per heavy atom. The maximum Gasteiger partial charge on any atom is 0.193 e. The number of rotatable bonds is 4. The number of hydrogen-bond acceptors (Lipinski definition) is 2. The molecular weight excluding hydrogens is 334 g/mol. The van der Waals surface area contributed by atoms with Gasteiger partial charge in [-0.2, -0.15) is 5.10 Å². The summed E-state index contributed by atoms with van der Waals surface area (Å²) in [7, 11) is 0. The van der Waals surface area contributed by atoms with Gasteiger partial charge in [-0.15, -0.1) is 0 Å². The Morgan fingerprint density at radius 2 is 1.96 bits per heavy atom. The fourth-order valence-electron chi connectivity index (χ4n) is 3.94. The molecule has 1 fully saturated rings. The van der Waals surface area contributed by atoms with Crippen LogP contribution in [-0.2, 0) is 12.8 Å². The van der Waals surface area contributed by atoms with Crippen LogP contribution in [0.1, 0.15) is 35.4 Å². The summed E-state index contributed by atoms with van der Waals surface area (Å²) < 4.78 is 1.92. The van der Waals surface area contributed by atoms with E-state index >= 15 is 0 Å². The van der Waals surface area contributed by atoms with Crippen LogP contribution in [0.15, 0.2) is 65.9 Å². The Balaban J connectivity index is 1.24. The maximum atomic E-state index is 6.15. The lowest BCUT2D eigenvalue weighted by Crippen LogP contribution is -2.23. The molecule has 0 aliphatic heterocycles. The number of guanidine groups is 1. The van der Waals surface area contributed by atoms with Crippen LogP contribution in [0.25, 0.3) is 5.69 Å². The first-order valence-electron chi connectivity index (χ1n) is 9.58. The second-order valence-corrected chi connectivity index (χ2v) is 7.44. The van der Waals surface area contributed by atoms with E-state index in [0.29, 0.717) is 11.9 Å². The number of anilines is 1. The first-order chi connectivity index (χ1) is 13.3. The maximum absolute atomic E-state index is 6.15. The number of nitrogens with one attached hydrogen (secondary N) is 1. The average molecular weight is 357 g/mol. The predicted molar refractivity (Wildman–Crippen MR) is 108 cm³/mol. The molecule has 2 aliphatic carbocycles. The van der Waals surface area contributed by atoms with Gasteiger partial charge in [0, 0.05) is 17.8 Å². The summed E-state index contributed by atoms with van der Waals surface area (Å²) in [5, 5.41) is 7.74. The molecule has 1 saturated carbocycles. The molecule has 2 aliphatic rings. The molecule has 0 bridgehead atoms. The normalized spacial score (nSPS) is 21.1. The number of nitrogens with two attached hydrogens (primary N) is 1. The highest BCUT2D eigenvalue weighted by atomic mass is 15.3. The summed E-state index contributed by atoms with van der Waals surface area (Å²) in [4.78, 5) is 4.66. The first-order valence-corrected chi connectivity index (χ1v) is 9.58. The average Bonchev–Trinajstić information content (AvgIpc) is 3.10. The van der Waals surface area contributed by atoms with Crippen molar-refractivity contribution >= 4 is 11.6 Å². The number of benzene rings is 2. The van der Waals surface area contributed by atoms with E-state index in [2.05, 4.69) is 51.9 Å². The molecule has 5 nitrogen and oxygen atoms in total. The lowest BCUT2D eigenvalue weighted by Gasteiger charge is -2.07.